The van der Waals surface area contributed by atoms with E-state index >= 15 is 0 Å². The molecule has 0 nitrogen and oxygen atoms in total. The Bertz CT molecular complexity index is 546. The van der Waals surface area contributed by atoms with Crippen molar-refractivity contribution in [1.29, 1.82) is 0 Å². The topological polar surface area (TPSA) is 0 Å². The molecular weight excluding hydrogens is 428 g/mol. The van der Waals surface area contributed by atoms with Gasteiger partial charge in [-0.2, -0.15) is 0 Å². The van der Waals surface area contributed by atoms with Crippen molar-refractivity contribution in [2.45, 2.75) is 18.7 Å². The fraction of sp³-hybridized carbons (Fsp3) is 0.231. The van der Waals surface area contributed by atoms with Gasteiger partial charge in [0.1, 0.15) is 0 Å². The lowest BCUT2D eigenvalue weighted by Gasteiger charge is -2.13. The number of benzene rings is 1. The zero-order valence-corrected chi connectivity index (χ0v) is 15.0. The number of hydrogen-bond acceptors (Lipinski definition) is 1. The Balaban J connectivity index is 2.47. The molecule has 1 heterocycles. The molecule has 1 aromatic heterocycles. The second kappa shape index (κ2) is 5.55. The summed E-state index contributed by atoms with van der Waals surface area (Å²) in [6.45, 7) is 4.27. The predicted octanol–water partition coefficient (Wildman–Crippen LogP) is 6.37. The third kappa shape index (κ3) is 2.86. The molecule has 0 saturated carbocycles. The normalized spacial score (nSPS) is 12.8. The third-order valence-corrected chi connectivity index (χ3v) is 6.33. The standard InChI is InChI=1S/C13H11Br3S/c1-7-4-3-5-9(12(7)15)13(16)10-6-11(14)17-8(10)2/h3-6,13H,1-2H3. The highest BCUT2D eigenvalue weighted by molar-refractivity contribution is 9.11. The lowest BCUT2D eigenvalue weighted by molar-refractivity contribution is 1.14. The van der Waals surface area contributed by atoms with Crippen molar-refractivity contribution in [3.8, 4) is 0 Å². The van der Waals surface area contributed by atoms with Crippen LogP contribution >= 0.6 is 59.1 Å². The van der Waals surface area contributed by atoms with Crippen LogP contribution in [0.1, 0.15) is 26.4 Å². The van der Waals surface area contributed by atoms with Crippen LogP contribution in [0.2, 0.25) is 0 Å². The van der Waals surface area contributed by atoms with Crippen LogP contribution in [0.5, 0.6) is 0 Å². The Kier molecular flexibility index (Phi) is 4.50. The van der Waals surface area contributed by atoms with Gasteiger partial charge in [0.25, 0.3) is 0 Å². The van der Waals surface area contributed by atoms with Crippen LogP contribution in [-0.4, -0.2) is 0 Å². The van der Waals surface area contributed by atoms with Gasteiger partial charge in [0.05, 0.1) is 8.61 Å². The van der Waals surface area contributed by atoms with Crippen molar-refractivity contribution in [3.63, 3.8) is 0 Å². The fourth-order valence-electron chi connectivity index (χ4n) is 1.74. The maximum Gasteiger partial charge on any atom is 0.0704 e. The number of alkyl halides is 1. The molecule has 0 aliphatic carbocycles. The molecular formula is C13H11Br3S. The molecule has 1 aromatic carbocycles. The SMILES string of the molecule is Cc1cccc(C(Br)c2cc(Br)sc2C)c1Br. The lowest BCUT2D eigenvalue weighted by Crippen LogP contribution is -1.95. The number of rotatable bonds is 2. The molecule has 0 spiro atoms. The average Bonchev–Trinajstić information content (AvgIpc) is 2.61. The first kappa shape index (κ1) is 13.8. The first-order valence-electron chi connectivity index (χ1n) is 5.15. The van der Waals surface area contributed by atoms with Crippen LogP contribution in [0, 0.1) is 13.8 Å². The molecule has 0 bridgehead atoms. The molecule has 2 aromatic rings. The minimum absolute atomic E-state index is 0.235. The smallest absolute Gasteiger partial charge is 0.0704 e. The maximum atomic E-state index is 3.80. The molecule has 4 heteroatoms. The van der Waals surface area contributed by atoms with E-state index in [0.717, 1.165) is 0 Å². The van der Waals surface area contributed by atoms with Gasteiger partial charge in [0.15, 0.2) is 0 Å². The van der Waals surface area contributed by atoms with Crippen molar-refractivity contribution in [3.05, 3.63) is 54.1 Å². The first-order chi connectivity index (χ1) is 8.00. The van der Waals surface area contributed by atoms with Crippen molar-refractivity contribution in [2.75, 3.05) is 0 Å². The first-order valence-corrected chi connectivity index (χ1v) is 8.47. The average molecular weight is 439 g/mol. The number of hydrogen-bond donors (Lipinski definition) is 0. The molecule has 2 rings (SSSR count). The second-order valence-electron chi connectivity index (χ2n) is 3.90. The summed E-state index contributed by atoms with van der Waals surface area (Å²) < 4.78 is 2.36. The van der Waals surface area contributed by atoms with E-state index in [2.05, 4.69) is 85.9 Å². The van der Waals surface area contributed by atoms with Gasteiger partial charge in [-0.15, -0.1) is 11.3 Å². The van der Waals surface area contributed by atoms with Gasteiger partial charge < -0.3 is 0 Å². The zero-order chi connectivity index (χ0) is 12.6. The van der Waals surface area contributed by atoms with Gasteiger partial charge in [0, 0.05) is 9.35 Å². The summed E-state index contributed by atoms with van der Waals surface area (Å²) in [5, 5.41) is 0. The van der Waals surface area contributed by atoms with Crippen LogP contribution < -0.4 is 0 Å². The minimum Gasteiger partial charge on any atom is -0.133 e. The molecule has 0 saturated heterocycles. The zero-order valence-electron chi connectivity index (χ0n) is 9.43. The molecule has 0 aliphatic rings. The van der Waals surface area contributed by atoms with E-state index in [0.29, 0.717) is 0 Å². The number of aryl methyl sites for hydroxylation is 2. The molecule has 1 atom stereocenters. The van der Waals surface area contributed by atoms with E-state index in [1.807, 2.05) is 0 Å². The molecule has 1 unspecified atom stereocenters. The van der Waals surface area contributed by atoms with E-state index in [-0.39, 0.29) is 4.83 Å². The molecule has 0 N–H and O–H groups in total. The van der Waals surface area contributed by atoms with Gasteiger partial charge in [-0.3, -0.25) is 0 Å². The van der Waals surface area contributed by atoms with Gasteiger partial charge >= 0.3 is 0 Å². The van der Waals surface area contributed by atoms with Crippen LogP contribution in [0.3, 0.4) is 0 Å². The largest absolute Gasteiger partial charge is 0.133 e. The van der Waals surface area contributed by atoms with Gasteiger partial charge in [-0.05, 0) is 52.5 Å². The van der Waals surface area contributed by atoms with Gasteiger partial charge in [-0.1, -0.05) is 50.1 Å². The van der Waals surface area contributed by atoms with E-state index in [1.165, 1.54) is 29.8 Å². The van der Waals surface area contributed by atoms with Crippen molar-refractivity contribution >= 4 is 59.1 Å². The van der Waals surface area contributed by atoms with Crippen LogP contribution in [0.4, 0.5) is 0 Å². The summed E-state index contributed by atoms with van der Waals surface area (Å²) in [5.74, 6) is 0. The fourth-order valence-corrected chi connectivity index (χ4v) is 5.30. The number of halogens is 3. The second-order valence-corrected chi connectivity index (χ2v) is 8.25. The molecule has 0 radical (unpaired) electrons. The molecule has 0 fully saturated rings. The van der Waals surface area contributed by atoms with Crippen LogP contribution in [0.25, 0.3) is 0 Å². The summed E-state index contributed by atoms with van der Waals surface area (Å²) in [6, 6.07) is 8.56. The van der Waals surface area contributed by atoms with E-state index < -0.39 is 0 Å². The maximum absolute atomic E-state index is 3.80. The lowest BCUT2D eigenvalue weighted by atomic mass is 10.0. The van der Waals surface area contributed by atoms with E-state index in [9.17, 15) is 0 Å². The number of thiophene rings is 1. The molecule has 0 amide bonds. The van der Waals surface area contributed by atoms with Gasteiger partial charge in [-0.25, -0.2) is 0 Å². The molecule has 17 heavy (non-hydrogen) atoms. The third-order valence-electron chi connectivity index (χ3n) is 2.69. The summed E-state index contributed by atoms with van der Waals surface area (Å²) in [7, 11) is 0. The van der Waals surface area contributed by atoms with Crippen molar-refractivity contribution in [2.24, 2.45) is 0 Å². The van der Waals surface area contributed by atoms with Crippen molar-refractivity contribution in [1.82, 2.24) is 0 Å². The highest BCUT2D eigenvalue weighted by Crippen LogP contribution is 2.41. The predicted molar refractivity (Wildman–Crippen MR) is 86.4 cm³/mol. The molecule has 90 valence electrons. The van der Waals surface area contributed by atoms with E-state index in [1.54, 1.807) is 11.3 Å². The van der Waals surface area contributed by atoms with Crippen molar-refractivity contribution < 1.29 is 0 Å². The van der Waals surface area contributed by atoms with Gasteiger partial charge in [0.2, 0.25) is 0 Å². The minimum atomic E-state index is 0.235. The monoisotopic (exact) mass is 436 g/mol. The summed E-state index contributed by atoms with van der Waals surface area (Å²) in [4.78, 5) is 1.58. The Morgan fingerprint density at radius 3 is 2.41 bits per heavy atom. The molecule has 0 aliphatic heterocycles. The quantitative estimate of drug-likeness (QED) is 0.477. The summed E-state index contributed by atoms with van der Waals surface area (Å²) in [6.07, 6.45) is 0. The Morgan fingerprint density at radius 2 is 1.82 bits per heavy atom. The van der Waals surface area contributed by atoms with E-state index in [4.69, 9.17) is 0 Å². The summed E-state index contributed by atoms with van der Waals surface area (Å²) in [5.41, 5.74) is 3.87. The highest BCUT2D eigenvalue weighted by atomic mass is 79.9. The Hall–Kier alpha value is 0.360. The van der Waals surface area contributed by atoms with Crippen LogP contribution in [-0.2, 0) is 0 Å². The Morgan fingerprint density at radius 1 is 1.12 bits per heavy atom. The summed E-state index contributed by atoms with van der Waals surface area (Å²) >= 11 is 12.8. The van der Waals surface area contributed by atoms with Crippen LogP contribution in [0.15, 0.2) is 32.5 Å². The highest BCUT2D eigenvalue weighted by Gasteiger charge is 2.18. The Labute approximate surface area is 131 Å².